The lowest BCUT2D eigenvalue weighted by atomic mass is 10.0. The first-order valence-electron chi connectivity index (χ1n) is 7.34. The van der Waals surface area contributed by atoms with E-state index >= 15 is 0 Å². The normalized spacial score (nSPS) is 23.5. The van der Waals surface area contributed by atoms with Crippen molar-refractivity contribution < 1.29 is 18.3 Å². The molecule has 5 nitrogen and oxygen atoms in total. The minimum Gasteiger partial charge on any atom is -0.490 e. The average molecular weight is 352 g/mol. The van der Waals surface area contributed by atoms with Gasteiger partial charge in [-0.15, -0.1) is 0 Å². The maximum absolute atomic E-state index is 14.0. The molecule has 1 aliphatic carbocycles. The number of anilines is 1. The Morgan fingerprint density at radius 1 is 1.25 bits per heavy atom. The van der Waals surface area contributed by atoms with Crippen LogP contribution in [0.1, 0.15) is 11.5 Å². The second-order valence-corrected chi connectivity index (χ2v) is 6.19. The van der Waals surface area contributed by atoms with Crippen molar-refractivity contribution in [1.29, 1.82) is 0 Å². The number of hydrogen-bond acceptors (Lipinski definition) is 3. The van der Waals surface area contributed by atoms with Crippen molar-refractivity contribution in [3.63, 3.8) is 0 Å². The molecule has 8 heteroatoms. The molecule has 3 atom stereocenters. The van der Waals surface area contributed by atoms with E-state index < -0.39 is 17.7 Å². The summed E-state index contributed by atoms with van der Waals surface area (Å²) in [5, 5.41) is 5.78. The number of carbonyl (C=O) groups is 1. The van der Waals surface area contributed by atoms with Gasteiger partial charge in [-0.1, -0.05) is 11.6 Å². The van der Waals surface area contributed by atoms with Crippen LogP contribution in [0, 0.1) is 17.6 Å². The number of amides is 2. The number of fused-ring (bicyclic) bond motifs is 3. The van der Waals surface area contributed by atoms with E-state index in [-0.39, 0.29) is 35.8 Å². The van der Waals surface area contributed by atoms with Crippen LogP contribution >= 0.6 is 11.6 Å². The molecule has 2 aliphatic rings. The minimum atomic E-state index is -0.592. The first-order chi connectivity index (χ1) is 11.5. The molecule has 2 N–H and O–H groups in total. The van der Waals surface area contributed by atoms with Crippen LogP contribution in [0.3, 0.4) is 0 Å². The highest BCUT2D eigenvalue weighted by Gasteiger charge is 2.57. The maximum Gasteiger partial charge on any atom is 0.320 e. The van der Waals surface area contributed by atoms with Gasteiger partial charge < -0.3 is 10.1 Å². The molecule has 1 aromatic carbocycles. The fourth-order valence-corrected chi connectivity index (χ4v) is 3.22. The third-order valence-corrected chi connectivity index (χ3v) is 4.51. The van der Waals surface area contributed by atoms with Crippen molar-refractivity contribution in [2.24, 2.45) is 5.92 Å². The van der Waals surface area contributed by atoms with Crippen LogP contribution in [0.2, 0.25) is 5.02 Å². The highest BCUT2D eigenvalue weighted by molar-refractivity contribution is 6.30. The summed E-state index contributed by atoms with van der Waals surface area (Å²) in [6.07, 6.45) is 1.41. The summed E-state index contributed by atoms with van der Waals surface area (Å²) < 4.78 is 33.1. The smallest absolute Gasteiger partial charge is 0.320 e. The first-order valence-corrected chi connectivity index (χ1v) is 7.72. The Balaban J connectivity index is 1.47. The number of ether oxygens (including phenoxy) is 1. The standard InChI is InChI=1S/C16H12ClF2N3O2/c17-7-1-4-11(20-5-7)21-16(23)22-14-8-6-24-15-10(19)3-2-9(18)13(15)12(8)14/h1-5,8,12,14H,6H2,(H2,20,21,22,23)/t8-,12-,14?/m0/s1. The molecule has 4 rings (SSSR count). The molecule has 1 aliphatic heterocycles. The Morgan fingerprint density at radius 3 is 2.79 bits per heavy atom. The maximum atomic E-state index is 14.0. The summed E-state index contributed by atoms with van der Waals surface area (Å²) in [4.78, 5) is 16.0. The molecule has 0 bridgehead atoms. The summed E-state index contributed by atoms with van der Waals surface area (Å²) in [6.45, 7) is 0.238. The van der Waals surface area contributed by atoms with Crippen molar-refractivity contribution in [3.8, 4) is 5.75 Å². The van der Waals surface area contributed by atoms with E-state index in [1.165, 1.54) is 6.20 Å². The molecular formula is C16H12ClF2N3O2. The van der Waals surface area contributed by atoms with Gasteiger partial charge in [0.05, 0.1) is 11.6 Å². The van der Waals surface area contributed by atoms with Crippen LogP contribution in [0.4, 0.5) is 19.4 Å². The van der Waals surface area contributed by atoms with Crippen LogP contribution in [0.5, 0.6) is 5.75 Å². The fraction of sp³-hybridized carbons (Fsp3) is 0.250. The van der Waals surface area contributed by atoms with Gasteiger partial charge in [0.2, 0.25) is 0 Å². The van der Waals surface area contributed by atoms with Crippen LogP contribution in [-0.4, -0.2) is 23.7 Å². The summed E-state index contributed by atoms with van der Waals surface area (Å²) in [5.41, 5.74) is 0.196. The topological polar surface area (TPSA) is 63.2 Å². The van der Waals surface area contributed by atoms with Crippen molar-refractivity contribution in [2.45, 2.75) is 12.0 Å². The quantitative estimate of drug-likeness (QED) is 0.872. The Hall–Kier alpha value is -2.41. The summed E-state index contributed by atoms with van der Waals surface area (Å²) in [5.74, 6) is -1.18. The Morgan fingerprint density at radius 2 is 2.04 bits per heavy atom. The molecule has 1 saturated carbocycles. The van der Waals surface area contributed by atoms with Crippen LogP contribution in [-0.2, 0) is 0 Å². The number of benzene rings is 1. The Kier molecular flexibility index (Phi) is 3.53. The van der Waals surface area contributed by atoms with Gasteiger partial charge in [-0.25, -0.2) is 18.6 Å². The predicted octanol–water partition coefficient (Wildman–Crippen LogP) is 3.31. The zero-order valence-electron chi connectivity index (χ0n) is 12.2. The average Bonchev–Trinajstić information content (AvgIpc) is 3.26. The molecular weight excluding hydrogens is 340 g/mol. The zero-order valence-corrected chi connectivity index (χ0v) is 13.0. The van der Waals surface area contributed by atoms with E-state index in [2.05, 4.69) is 15.6 Å². The van der Waals surface area contributed by atoms with E-state index in [9.17, 15) is 13.6 Å². The molecule has 124 valence electrons. The lowest BCUT2D eigenvalue weighted by Crippen LogP contribution is -2.32. The number of nitrogens with zero attached hydrogens (tertiary/aromatic N) is 1. The van der Waals surface area contributed by atoms with Gasteiger partial charge in [-0.2, -0.15) is 0 Å². The van der Waals surface area contributed by atoms with Crippen molar-refractivity contribution in [3.05, 3.63) is 52.7 Å². The molecule has 0 spiro atoms. The largest absolute Gasteiger partial charge is 0.490 e. The SMILES string of the molecule is O=C(Nc1ccc(Cl)cn1)NC1[C@H]2COc3c(F)ccc(F)c3[C@@H]12. The zero-order chi connectivity index (χ0) is 16.8. The number of urea groups is 1. The number of rotatable bonds is 2. The van der Waals surface area contributed by atoms with Crippen LogP contribution in [0.25, 0.3) is 0 Å². The minimum absolute atomic E-state index is 0.0553. The van der Waals surface area contributed by atoms with Gasteiger partial charge in [-0.3, -0.25) is 5.32 Å². The molecule has 1 unspecified atom stereocenters. The molecule has 1 aromatic heterocycles. The summed E-state index contributed by atoms with van der Waals surface area (Å²) in [7, 11) is 0. The number of aromatic nitrogens is 1. The number of halogens is 3. The molecule has 2 aromatic rings. The van der Waals surface area contributed by atoms with Gasteiger partial charge >= 0.3 is 6.03 Å². The van der Waals surface area contributed by atoms with Gasteiger partial charge in [-0.05, 0) is 24.3 Å². The second kappa shape index (κ2) is 5.59. The van der Waals surface area contributed by atoms with E-state index in [1.54, 1.807) is 12.1 Å². The Labute approximate surface area is 141 Å². The van der Waals surface area contributed by atoms with Crippen LogP contribution < -0.4 is 15.4 Å². The number of hydrogen-bond donors (Lipinski definition) is 2. The number of pyridine rings is 1. The fourth-order valence-electron chi connectivity index (χ4n) is 3.11. The van der Waals surface area contributed by atoms with Crippen molar-refractivity contribution in [1.82, 2.24) is 10.3 Å². The van der Waals surface area contributed by atoms with E-state index in [0.29, 0.717) is 10.8 Å². The number of carbonyl (C=O) groups excluding carboxylic acids is 1. The van der Waals surface area contributed by atoms with Crippen LogP contribution in [0.15, 0.2) is 30.5 Å². The van der Waals surface area contributed by atoms with Gasteiger partial charge in [0.25, 0.3) is 0 Å². The van der Waals surface area contributed by atoms with E-state index in [4.69, 9.17) is 16.3 Å². The highest BCUT2D eigenvalue weighted by atomic mass is 35.5. The molecule has 0 radical (unpaired) electrons. The van der Waals surface area contributed by atoms with E-state index in [0.717, 1.165) is 12.1 Å². The monoisotopic (exact) mass is 351 g/mol. The first kappa shape index (κ1) is 15.1. The molecule has 2 amide bonds. The van der Waals surface area contributed by atoms with E-state index in [1.807, 2.05) is 0 Å². The lowest BCUT2D eigenvalue weighted by molar-refractivity contribution is 0.247. The molecule has 2 heterocycles. The Bertz CT molecular complexity index is 816. The van der Waals surface area contributed by atoms with Gasteiger partial charge in [0.15, 0.2) is 11.6 Å². The predicted molar refractivity (Wildman–Crippen MR) is 83.3 cm³/mol. The van der Waals surface area contributed by atoms with Gasteiger partial charge in [0, 0.05) is 29.6 Å². The second-order valence-electron chi connectivity index (χ2n) is 5.76. The van der Waals surface area contributed by atoms with Gasteiger partial charge in [0.1, 0.15) is 11.6 Å². The highest BCUT2D eigenvalue weighted by Crippen LogP contribution is 2.55. The third kappa shape index (κ3) is 2.54. The van der Waals surface area contributed by atoms with Crippen molar-refractivity contribution in [2.75, 3.05) is 11.9 Å². The summed E-state index contributed by atoms with van der Waals surface area (Å²) in [6, 6.07) is 4.50. The third-order valence-electron chi connectivity index (χ3n) is 4.28. The lowest BCUT2D eigenvalue weighted by Gasteiger charge is -2.16. The van der Waals surface area contributed by atoms with Crippen molar-refractivity contribution >= 4 is 23.4 Å². The molecule has 0 saturated heterocycles. The number of nitrogens with one attached hydrogen (secondary N) is 2. The summed E-state index contributed by atoms with van der Waals surface area (Å²) >= 11 is 5.73. The molecule has 24 heavy (non-hydrogen) atoms. The molecule has 1 fully saturated rings.